The van der Waals surface area contributed by atoms with Gasteiger partial charge in [-0.05, 0) is 53.4 Å². The molecule has 0 amide bonds. The van der Waals surface area contributed by atoms with Crippen LogP contribution in [-0.4, -0.2) is 22.4 Å². The molecule has 6 rings (SSSR count). The second-order valence-electron chi connectivity index (χ2n) is 10.8. The van der Waals surface area contributed by atoms with E-state index in [1.54, 1.807) is 0 Å². The van der Waals surface area contributed by atoms with Gasteiger partial charge in [-0.1, -0.05) is 69.3 Å². The van der Waals surface area contributed by atoms with Crippen molar-refractivity contribution in [1.82, 2.24) is 9.55 Å². The van der Waals surface area contributed by atoms with E-state index in [-0.39, 0.29) is 5.41 Å². The topological polar surface area (TPSA) is 46.9 Å². The lowest BCUT2D eigenvalue weighted by Crippen LogP contribution is -2.19. The van der Waals surface area contributed by atoms with Gasteiger partial charge < -0.3 is 9.88 Å². The van der Waals surface area contributed by atoms with Crippen molar-refractivity contribution in [2.75, 3.05) is 11.9 Å². The number of benzene rings is 4. The Morgan fingerprint density at radius 2 is 1.65 bits per heavy atom. The summed E-state index contributed by atoms with van der Waals surface area (Å²) in [4.78, 5) is 16.5. The zero-order chi connectivity index (χ0) is 25.6. The summed E-state index contributed by atoms with van der Waals surface area (Å²) in [5.41, 5.74) is 8.10. The number of carbonyl (C=O) groups is 1. The lowest BCUT2D eigenvalue weighted by molar-refractivity contribution is 0.112. The molecule has 0 fully saturated rings. The van der Waals surface area contributed by atoms with Crippen molar-refractivity contribution in [2.24, 2.45) is 5.41 Å². The Morgan fingerprint density at radius 3 is 2.49 bits per heavy atom. The van der Waals surface area contributed by atoms with E-state index in [0.717, 1.165) is 57.3 Å². The van der Waals surface area contributed by atoms with E-state index in [1.807, 2.05) is 30.5 Å². The number of aromatic nitrogens is 2. The van der Waals surface area contributed by atoms with Crippen LogP contribution in [0.15, 0.2) is 97.2 Å². The van der Waals surface area contributed by atoms with Crippen molar-refractivity contribution >= 4 is 44.7 Å². The second kappa shape index (κ2) is 8.90. The minimum atomic E-state index is 0.0891. The fraction of sp³-hybridized carbons (Fsp3) is 0.152. The molecule has 0 saturated carbocycles. The highest BCUT2D eigenvalue weighted by atomic mass is 16.1. The average Bonchev–Trinajstić information content (AvgIpc) is 3.25. The molecule has 0 saturated heterocycles. The minimum Gasteiger partial charge on any atom is -0.384 e. The molecule has 0 spiro atoms. The lowest BCUT2D eigenvalue weighted by atomic mass is 9.96. The highest BCUT2D eigenvalue weighted by molar-refractivity contribution is 6.16. The number of hydrogen-bond acceptors (Lipinski definition) is 3. The van der Waals surface area contributed by atoms with Gasteiger partial charge in [-0.2, -0.15) is 0 Å². The summed E-state index contributed by atoms with van der Waals surface area (Å²) in [7, 11) is 0. The smallest absolute Gasteiger partial charge is 0.152 e. The summed E-state index contributed by atoms with van der Waals surface area (Å²) in [6.07, 6.45) is 2.89. The fourth-order valence-corrected chi connectivity index (χ4v) is 5.06. The predicted octanol–water partition coefficient (Wildman–Crippen LogP) is 8.27. The van der Waals surface area contributed by atoms with Gasteiger partial charge in [0.05, 0.1) is 16.6 Å². The molecule has 1 N–H and O–H groups in total. The predicted molar refractivity (Wildman–Crippen MR) is 155 cm³/mol. The highest BCUT2D eigenvalue weighted by Crippen LogP contribution is 2.39. The minimum absolute atomic E-state index is 0.0891. The monoisotopic (exact) mass is 483 g/mol. The van der Waals surface area contributed by atoms with Crippen molar-refractivity contribution in [2.45, 2.75) is 20.8 Å². The van der Waals surface area contributed by atoms with E-state index >= 15 is 0 Å². The van der Waals surface area contributed by atoms with E-state index in [9.17, 15) is 4.79 Å². The highest BCUT2D eigenvalue weighted by Gasteiger charge is 2.18. The molecule has 0 atom stereocenters. The van der Waals surface area contributed by atoms with Crippen LogP contribution in [0.2, 0.25) is 0 Å². The number of nitrogens with zero attached hydrogens (tertiary/aromatic N) is 2. The number of aldehydes is 1. The third kappa shape index (κ3) is 4.15. The standard InChI is InChI=1S/C33H29N3O/c1-33(2,3)21-35-29-18-25(16-15-23(29)20-37)36-30-13-7-5-10-27(30)32-26(11-8-14-31(32)36)24-17-22-9-4-6-12-28(22)34-19-24/h4-20,35H,21H2,1-3H3. The number of pyridine rings is 1. The molecule has 2 aromatic heterocycles. The van der Waals surface area contributed by atoms with Crippen LogP contribution in [0.3, 0.4) is 0 Å². The number of para-hydroxylation sites is 2. The summed E-state index contributed by atoms with van der Waals surface area (Å²) < 4.78 is 2.29. The van der Waals surface area contributed by atoms with E-state index in [0.29, 0.717) is 5.56 Å². The number of rotatable bonds is 5. The molecule has 4 nitrogen and oxygen atoms in total. The van der Waals surface area contributed by atoms with Gasteiger partial charge in [0.1, 0.15) is 0 Å². The first-order chi connectivity index (χ1) is 17.9. The first kappa shape index (κ1) is 23.0. The summed E-state index contributed by atoms with van der Waals surface area (Å²) in [5, 5.41) is 7.01. The molecule has 182 valence electrons. The van der Waals surface area contributed by atoms with Crippen LogP contribution in [-0.2, 0) is 0 Å². The fourth-order valence-electron chi connectivity index (χ4n) is 5.06. The maximum Gasteiger partial charge on any atom is 0.152 e. The van der Waals surface area contributed by atoms with Gasteiger partial charge >= 0.3 is 0 Å². The Kier molecular flexibility index (Phi) is 5.53. The van der Waals surface area contributed by atoms with E-state index < -0.39 is 0 Å². The molecule has 37 heavy (non-hydrogen) atoms. The Hall–Kier alpha value is -4.44. The van der Waals surface area contributed by atoms with Crippen molar-refractivity contribution < 1.29 is 4.79 Å². The zero-order valence-corrected chi connectivity index (χ0v) is 21.3. The van der Waals surface area contributed by atoms with Crippen molar-refractivity contribution in [3.63, 3.8) is 0 Å². The summed E-state index contributed by atoms with van der Waals surface area (Å²) in [6, 6.07) is 31.4. The first-order valence-electron chi connectivity index (χ1n) is 12.6. The van der Waals surface area contributed by atoms with Gasteiger partial charge in [-0.25, -0.2) is 0 Å². The molecule has 4 aromatic carbocycles. The Labute approximate surface area is 216 Å². The zero-order valence-electron chi connectivity index (χ0n) is 21.3. The average molecular weight is 484 g/mol. The van der Waals surface area contributed by atoms with E-state index in [2.05, 4.69) is 97.4 Å². The molecule has 0 bridgehead atoms. The third-order valence-corrected chi connectivity index (χ3v) is 6.83. The summed E-state index contributed by atoms with van der Waals surface area (Å²) >= 11 is 0. The molecule has 6 aromatic rings. The number of carbonyl (C=O) groups excluding carboxylic acids is 1. The van der Waals surface area contributed by atoms with Crippen molar-refractivity contribution in [1.29, 1.82) is 0 Å². The normalized spacial score (nSPS) is 11.9. The first-order valence-corrected chi connectivity index (χ1v) is 12.6. The lowest BCUT2D eigenvalue weighted by Gasteiger charge is -2.21. The van der Waals surface area contributed by atoms with E-state index in [1.165, 1.54) is 10.8 Å². The number of hydrogen-bond donors (Lipinski definition) is 1. The summed E-state index contributed by atoms with van der Waals surface area (Å²) in [5.74, 6) is 0. The molecule has 4 heteroatoms. The van der Waals surface area contributed by atoms with Crippen LogP contribution in [0.4, 0.5) is 5.69 Å². The quantitative estimate of drug-likeness (QED) is 0.251. The summed E-state index contributed by atoms with van der Waals surface area (Å²) in [6.45, 7) is 7.31. The largest absolute Gasteiger partial charge is 0.384 e. The number of anilines is 1. The van der Waals surface area contributed by atoms with Gasteiger partial charge in [0.2, 0.25) is 0 Å². The van der Waals surface area contributed by atoms with E-state index in [4.69, 9.17) is 4.98 Å². The third-order valence-electron chi connectivity index (χ3n) is 6.83. The SMILES string of the molecule is CC(C)(C)CNc1cc(-n2c3ccccc3c3c(-c4cnc5ccccc5c4)cccc32)ccc1C=O. The molecule has 0 aliphatic rings. The Morgan fingerprint density at radius 1 is 0.865 bits per heavy atom. The second-order valence-corrected chi connectivity index (χ2v) is 10.8. The Balaban J connectivity index is 1.59. The number of fused-ring (bicyclic) bond motifs is 4. The number of nitrogens with one attached hydrogen (secondary N) is 1. The van der Waals surface area contributed by atoms with Gasteiger partial charge in [-0.3, -0.25) is 9.78 Å². The van der Waals surface area contributed by atoms with Gasteiger partial charge in [-0.15, -0.1) is 0 Å². The van der Waals surface area contributed by atoms with Crippen molar-refractivity contribution in [3.8, 4) is 16.8 Å². The molecule has 0 aliphatic carbocycles. The van der Waals surface area contributed by atoms with Crippen LogP contribution < -0.4 is 5.32 Å². The Bertz CT molecular complexity index is 1790. The molecule has 0 radical (unpaired) electrons. The van der Waals surface area contributed by atoms with Gasteiger partial charge in [0.15, 0.2) is 6.29 Å². The molecular formula is C33H29N3O. The van der Waals surface area contributed by atoms with Gasteiger partial charge in [0, 0.05) is 51.4 Å². The van der Waals surface area contributed by atoms with Crippen molar-refractivity contribution in [3.05, 3.63) is 103 Å². The van der Waals surface area contributed by atoms with Crippen LogP contribution >= 0.6 is 0 Å². The molecule has 0 unspecified atom stereocenters. The molecule has 0 aliphatic heterocycles. The maximum absolute atomic E-state index is 11.8. The van der Waals surface area contributed by atoms with Crippen LogP contribution in [0.5, 0.6) is 0 Å². The molecular weight excluding hydrogens is 454 g/mol. The van der Waals surface area contributed by atoms with Gasteiger partial charge in [0.25, 0.3) is 0 Å². The maximum atomic E-state index is 11.8. The van der Waals surface area contributed by atoms with Crippen LogP contribution in [0.1, 0.15) is 31.1 Å². The van der Waals surface area contributed by atoms with Crippen LogP contribution in [0, 0.1) is 5.41 Å². The van der Waals surface area contributed by atoms with Crippen LogP contribution in [0.25, 0.3) is 49.5 Å². The molecule has 2 heterocycles.